The monoisotopic (exact) mass is 539 g/mol. The van der Waals surface area contributed by atoms with Crippen LogP contribution in [-0.2, 0) is 18.3 Å². The zero-order valence-electron chi connectivity index (χ0n) is 23.3. The maximum atomic E-state index is 13.0. The van der Waals surface area contributed by atoms with Crippen LogP contribution in [0, 0.1) is 18.3 Å². The van der Waals surface area contributed by atoms with Crippen molar-refractivity contribution in [3.63, 3.8) is 0 Å². The average molecular weight is 539 g/mol. The second-order valence-corrected chi connectivity index (χ2v) is 9.90. The van der Waals surface area contributed by atoms with Crippen molar-refractivity contribution in [2.75, 3.05) is 11.9 Å². The number of nitriles is 1. The summed E-state index contributed by atoms with van der Waals surface area (Å²) in [4.78, 5) is 33.5. The van der Waals surface area contributed by atoms with Gasteiger partial charge in [0.05, 0.1) is 29.5 Å². The smallest absolute Gasteiger partial charge is 0.277 e. The third kappa shape index (κ3) is 5.92. The molecule has 2 aromatic carbocycles. The maximum absolute atomic E-state index is 13.0. The van der Waals surface area contributed by atoms with Crippen LogP contribution < -0.4 is 21.1 Å². The third-order valence-electron chi connectivity index (χ3n) is 6.64. The highest BCUT2D eigenvalue weighted by Crippen LogP contribution is 2.28. The molecule has 0 fully saturated rings. The van der Waals surface area contributed by atoms with Gasteiger partial charge in [-0.25, -0.2) is 4.98 Å². The summed E-state index contributed by atoms with van der Waals surface area (Å²) < 4.78 is 7.38. The maximum Gasteiger partial charge on any atom is 0.277 e. The largest absolute Gasteiger partial charge is 0.493 e. The summed E-state index contributed by atoms with van der Waals surface area (Å²) in [7, 11) is 3.47. The Morgan fingerprint density at radius 2 is 2.05 bits per heavy atom. The van der Waals surface area contributed by atoms with Gasteiger partial charge >= 0.3 is 0 Å². The second kappa shape index (κ2) is 11.8. The number of ether oxygens (including phenoxy) is 1. The molecular weight excluding hydrogens is 507 g/mol. The lowest BCUT2D eigenvalue weighted by Crippen LogP contribution is -2.42. The second-order valence-electron chi connectivity index (χ2n) is 9.90. The fourth-order valence-corrected chi connectivity index (χ4v) is 4.46. The highest BCUT2D eigenvalue weighted by Gasteiger charge is 2.30. The van der Waals surface area contributed by atoms with E-state index < -0.39 is 11.5 Å². The lowest BCUT2D eigenvalue weighted by molar-refractivity contribution is -0.130. The van der Waals surface area contributed by atoms with E-state index >= 15 is 0 Å². The van der Waals surface area contributed by atoms with Crippen LogP contribution in [0.1, 0.15) is 44.0 Å². The Bertz CT molecular complexity index is 1670. The zero-order valence-corrected chi connectivity index (χ0v) is 23.3. The van der Waals surface area contributed by atoms with Crippen molar-refractivity contribution in [2.24, 2.45) is 7.05 Å². The molecule has 40 heavy (non-hydrogen) atoms. The summed E-state index contributed by atoms with van der Waals surface area (Å²) in [6.45, 7) is 7.55. The summed E-state index contributed by atoms with van der Waals surface area (Å²) >= 11 is 0. The van der Waals surface area contributed by atoms with Crippen molar-refractivity contribution >= 4 is 35.4 Å². The standard InChI is InChI=1S/C29H32BN6O4/c1-6-8-22-24-25(36(5)35-22)27(37)34-26(33-24)21-14-19(10-12-23(21)40-7-2)30-16-29(4,39)28(38)32-20-11-9-18(15-31)17(3)13-20/h9-14,39H,6-8,16H2,1-5H3,(H,32,38)(H,33,34,37)/t29-/m0/s1. The predicted molar refractivity (Wildman–Crippen MR) is 155 cm³/mol. The normalized spacial score (nSPS) is 12.5. The highest BCUT2D eigenvalue weighted by molar-refractivity contribution is 6.54. The van der Waals surface area contributed by atoms with Crippen LogP contribution in [0.5, 0.6) is 5.75 Å². The zero-order chi connectivity index (χ0) is 29.0. The number of anilines is 1. The number of nitrogens with one attached hydrogen (secondary N) is 2. The van der Waals surface area contributed by atoms with Crippen LogP contribution in [0.2, 0.25) is 6.32 Å². The molecule has 0 bridgehead atoms. The van der Waals surface area contributed by atoms with Gasteiger partial charge in [-0.15, -0.1) is 0 Å². The Morgan fingerprint density at radius 3 is 2.73 bits per heavy atom. The van der Waals surface area contributed by atoms with Crippen LogP contribution in [-0.4, -0.2) is 50.2 Å². The summed E-state index contributed by atoms with van der Waals surface area (Å²) in [6, 6.07) is 12.4. The van der Waals surface area contributed by atoms with E-state index in [0.29, 0.717) is 57.9 Å². The van der Waals surface area contributed by atoms with Gasteiger partial charge in [-0.3, -0.25) is 14.3 Å². The Morgan fingerprint density at radius 1 is 1.27 bits per heavy atom. The number of aromatic nitrogens is 4. The molecule has 0 aliphatic carbocycles. The number of rotatable bonds is 10. The van der Waals surface area contributed by atoms with Gasteiger partial charge in [-0.2, -0.15) is 10.4 Å². The van der Waals surface area contributed by atoms with Gasteiger partial charge in [0.2, 0.25) is 0 Å². The Balaban J connectivity index is 1.60. The molecule has 1 atom stereocenters. The molecule has 4 rings (SSSR count). The minimum atomic E-state index is -1.71. The van der Waals surface area contributed by atoms with Crippen LogP contribution in [0.15, 0.2) is 41.2 Å². The van der Waals surface area contributed by atoms with Gasteiger partial charge in [0, 0.05) is 12.7 Å². The lowest BCUT2D eigenvalue weighted by atomic mass is 9.62. The number of hydrogen-bond donors (Lipinski definition) is 3. The van der Waals surface area contributed by atoms with Gasteiger partial charge < -0.3 is 20.1 Å². The minimum absolute atomic E-state index is 0.0216. The number of aryl methyl sites for hydroxylation is 3. The van der Waals surface area contributed by atoms with Crippen molar-refractivity contribution in [3.8, 4) is 23.2 Å². The van der Waals surface area contributed by atoms with Crippen LogP contribution in [0.4, 0.5) is 5.69 Å². The van der Waals surface area contributed by atoms with E-state index in [1.165, 1.54) is 6.92 Å². The number of amides is 1. The van der Waals surface area contributed by atoms with E-state index in [0.717, 1.165) is 17.7 Å². The molecule has 4 aromatic rings. The van der Waals surface area contributed by atoms with E-state index in [1.807, 2.05) is 26.0 Å². The van der Waals surface area contributed by atoms with Gasteiger partial charge in [0.15, 0.2) is 12.8 Å². The summed E-state index contributed by atoms with van der Waals surface area (Å²) in [5.74, 6) is 0.321. The summed E-state index contributed by atoms with van der Waals surface area (Å²) in [5.41, 5.74) is 2.74. The Kier molecular flexibility index (Phi) is 8.40. The molecule has 205 valence electrons. The first-order valence-electron chi connectivity index (χ1n) is 13.2. The summed E-state index contributed by atoms with van der Waals surface area (Å²) in [6.07, 6.45) is 1.58. The quantitative estimate of drug-likeness (QED) is 0.263. The molecule has 0 unspecified atom stereocenters. The summed E-state index contributed by atoms with van der Waals surface area (Å²) in [5, 5.41) is 27.3. The molecule has 0 saturated heterocycles. The van der Waals surface area contributed by atoms with Crippen molar-refractivity contribution in [2.45, 2.75) is 52.5 Å². The van der Waals surface area contributed by atoms with Crippen molar-refractivity contribution in [3.05, 3.63) is 63.6 Å². The topological polar surface area (TPSA) is 146 Å². The SMILES string of the molecule is CCCc1nn(C)c2c(=O)[nH]c(-c3cc([B]C[C@](C)(O)C(=O)Nc4ccc(C#N)c(C)c4)ccc3OCC)nc12. The number of nitrogens with zero attached hydrogens (tertiary/aromatic N) is 4. The lowest BCUT2D eigenvalue weighted by Gasteiger charge is -2.22. The number of aliphatic hydroxyl groups is 1. The number of carbonyl (C=O) groups is 1. The highest BCUT2D eigenvalue weighted by atomic mass is 16.5. The fourth-order valence-electron chi connectivity index (χ4n) is 4.46. The molecule has 1 amide bonds. The third-order valence-corrected chi connectivity index (χ3v) is 6.64. The number of hydrogen-bond acceptors (Lipinski definition) is 7. The average Bonchev–Trinajstić information content (AvgIpc) is 3.23. The van der Waals surface area contributed by atoms with Crippen molar-refractivity contribution in [1.82, 2.24) is 19.7 Å². The molecule has 0 aliphatic rings. The van der Waals surface area contributed by atoms with Gasteiger partial charge in [-0.05, 0) is 63.3 Å². The van der Waals surface area contributed by atoms with Crippen molar-refractivity contribution in [1.29, 1.82) is 5.26 Å². The number of benzene rings is 2. The van der Waals surface area contributed by atoms with E-state index in [1.54, 1.807) is 50.2 Å². The van der Waals surface area contributed by atoms with Crippen LogP contribution in [0.3, 0.4) is 0 Å². The first-order chi connectivity index (χ1) is 19.1. The predicted octanol–water partition coefficient (Wildman–Crippen LogP) is 2.99. The fraction of sp³-hybridized carbons (Fsp3) is 0.345. The van der Waals surface area contributed by atoms with E-state index in [2.05, 4.69) is 21.5 Å². The molecule has 0 saturated carbocycles. The molecule has 3 N–H and O–H groups in total. The molecule has 2 aromatic heterocycles. The molecule has 0 aliphatic heterocycles. The number of H-pyrrole nitrogens is 1. The van der Waals surface area contributed by atoms with E-state index in [4.69, 9.17) is 15.0 Å². The first-order valence-corrected chi connectivity index (χ1v) is 13.2. The minimum Gasteiger partial charge on any atom is -0.493 e. The van der Waals surface area contributed by atoms with Gasteiger partial charge in [0.25, 0.3) is 11.5 Å². The Labute approximate surface area is 233 Å². The van der Waals surface area contributed by atoms with E-state index in [-0.39, 0.29) is 11.9 Å². The Hall–Kier alpha value is -4.43. The van der Waals surface area contributed by atoms with Gasteiger partial charge in [-0.1, -0.05) is 30.9 Å². The molecule has 11 heteroatoms. The number of fused-ring (bicyclic) bond motifs is 1. The van der Waals surface area contributed by atoms with Crippen LogP contribution >= 0.6 is 0 Å². The van der Waals surface area contributed by atoms with Crippen molar-refractivity contribution < 1.29 is 14.6 Å². The van der Waals surface area contributed by atoms with E-state index in [9.17, 15) is 14.7 Å². The van der Waals surface area contributed by atoms with Crippen LogP contribution in [0.25, 0.3) is 22.4 Å². The first kappa shape index (κ1) is 28.6. The molecule has 2 heterocycles. The molecular formula is C29H32BN6O4. The molecule has 0 spiro atoms. The number of aromatic amines is 1. The van der Waals surface area contributed by atoms with Gasteiger partial charge in [0.1, 0.15) is 22.7 Å². The molecule has 10 nitrogen and oxygen atoms in total. The molecule has 1 radical (unpaired) electrons. The number of carbonyl (C=O) groups excluding carboxylic acids is 1.